The van der Waals surface area contributed by atoms with E-state index in [1.165, 1.54) is 205 Å². The number of aromatic nitrogens is 4. The average Bonchev–Trinajstić information content (AvgIpc) is 0.703. The lowest BCUT2D eigenvalue weighted by molar-refractivity contribution is -0.660. The number of aryl methyl sites for hydroxylation is 16. The summed E-state index contributed by atoms with van der Waals surface area (Å²) >= 11 is 0. The van der Waals surface area contributed by atoms with E-state index in [0.29, 0.717) is 11.1 Å². The van der Waals surface area contributed by atoms with E-state index in [1.807, 2.05) is 35.4 Å². The van der Waals surface area contributed by atoms with Gasteiger partial charge in [-0.2, -0.15) is 0 Å². The van der Waals surface area contributed by atoms with Gasteiger partial charge in [0.05, 0.1) is 16.7 Å². The summed E-state index contributed by atoms with van der Waals surface area (Å²) in [6, 6.07) is 84.4. The van der Waals surface area contributed by atoms with Crippen molar-refractivity contribution in [2.24, 2.45) is 28.2 Å². The molecule has 0 aliphatic heterocycles. The second-order valence-corrected chi connectivity index (χ2v) is 36.8. The van der Waals surface area contributed by atoms with Gasteiger partial charge < -0.3 is 0 Å². The molecule has 0 bridgehead atoms. The fourth-order valence-corrected chi connectivity index (χ4v) is 20.3. The van der Waals surface area contributed by atoms with Crippen LogP contribution in [0.2, 0.25) is 0 Å². The van der Waals surface area contributed by atoms with Crippen molar-refractivity contribution >= 4 is 43.1 Å². The van der Waals surface area contributed by atoms with Crippen molar-refractivity contribution in [2.45, 2.75) is 172 Å². The van der Waals surface area contributed by atoms with Crippen LogP contribution < -0.4 is 18.3 Å². The van der Waals surface area contributed by atoms with Crippen LogP contribution in [0, 0.1) is 69.1 Å². The number of hydrogen-bond acceptors (Lipinski definition) is 0. The first kappa shape index (κ1) is 71.6. The summed E-state index contributed by atoms with van der Waals surface area (Å²) in [6.07, 6.45) is 12.0. The zero-order valence-electron chi connectivity index (χ0n) is 78.9. The van der Waals surface area contributed by atoms with Crippen LogP contribution in [0.25, 0.3) is 133 Å². The molecule has 0 amide bonds. The van der Waals surface area contributed by atoms with Crippen molar-refractivity contribution < 1.29 is 26.5 Å². The second kappa shape index (κ2) is 29.7. The minimum Gasteiger partial charge on any atom is -0.201 e. The largest absolute Gasteiger partial charge is 0.213 e. The fraction of sp³-hybridized carbons (Fsp3) is 0.263. The van der Waals surface area contributed by atoms with Crippen molar-refractivity contribution in [3.8, 4) is 89.5 Å². The van der Waals surface area contributed by atoms with Gasteiger partial charge in [0.2, 0.25) is 22.8 Å². The number of rotatable bonds is 4. The standard InChI is InChI=1S/C31H34N.C30H32N.C27H26N.C26H24N/c1-19-9-11-22-17-25-24-12-10-21(3)28(27-16-20(2)13-14-32(27)8)29(24)31(6,7)30(4,5)26(25)18-23(22)15-19;1-19-12-13-28(31(7)18-19)23-17-25-24-15-21-10-8-9-11-22(21)16-27(24)30(5,6)29(3,4)26(25)14-20(23)2;1-17-5-10-22-21(15-17)8-7-20-9-12-23-24(27(20)22)11-6-19(3)26(23)25-16-18(2)13-14-28(25)4;1-17-8-15-25(27(3)16-17)26-18(2)9-11-23-22-12-10-19-6-4-5-7-20(19)21(22)13-14-24(23)26/h9-18H,1-8H3;8-18H,1-7H3;5-8,10-11,13-16H,9,12H2,1-4H3;4-12,15-16H,13-14H2,1-3H3/q4*+1/i;1D3;;1D3. The molecule has 0 saturated carbocycles. The second-order valence-electron chi connectivity index (χ2n) is 36.8. The van der Waals surface area contributed by atoms with Gasteiger partial charge in [-0.05, 0) is 319 Å². The molecule has 118 heavy (non-hydrogen) atoms. The number of fused-ring (bicyclic) bond motifs is 18. The number of pyridine rings is 4. The number of hydrogen-bond donors (Lipinski definition) is 0. The molecule has 4 aromatic heterocycles. The van der Waals surface area contributed by atoms with Crippen molar-refractivity contribution in [3.63, 3.8) is 0 Å². The lowest BCUT2D eigenvalue weighted by Crippen LogP contribution is -2.44. The van der Waals surface area contributed by atoms with Crippen molar-refractivity contribution in [2.75, 3.05) is 0 Å². The summed E-state index contributed by atoms with van der Waals surface area (Å²) in [7, 11) is 8.19. The maximum atomic E-state index is 7.76. The molecule has 4 heterocycles. The lowest BCUT2D eigenvalue weighted by atomic mass is 9.54. The molecule has 4 aliphatic carbocycles. The van der Waals surface area contributed by atoms with E-state index >= 15 is 0 Å². The SMILES string of the molecule is Cc1cc[n+](C)c(-c2c(C)ccc3c2C(C)(C)C(C)(C)c2cc4cc(C)ccc4cc2-3)c1.Cc1cc[n+](C)c(-c2c(C)ccc3c2CCc2ccc4cc(C)ccc4c2-3)c1.[2H]C([2H])([2H])c1ccc(-c2c(C)ccc3c2CCc2c-3ccc3ccccc23)[n+](C)c1.[2H]C([2H])([2H])c1ccc(-c2cc3c(cc2C)C(C)(C)C(C)(C)c2cc4ccccc4cc2-3)[n+](C)c1. The van der Waals surface area contributed by atoms with Gasteiger partial charge >= 0.3 is 0 Å². The maximum Gasteiger partial charge on any atom is 0.213 e. The zero-order valence-corrected chi connectivity index (χ0v) is 72.9. The van der Waals surface area contributed by atoms with Gasteiger partial charge in [0.15, 0.2) is 24.8 Å². The Morgan fingerprint density at radius 2 is 0.703 bits per heavy atom. The first-order valence-electron chi connectivity index (χ1n) is 45.3. The third-order valence-electron chi connectivity index (χ3n) is 28.2. The van der Waals surface area contributed by atoms with E-state index in [-0.39, 0.29) is 21.7 Å². The fourth-order valence-electron chi connectivity index (χ4n) is 20.3. The Morgan fingerprint density at radius 1 is 0.263 bits per heavy atom. The van der Waals surface area contributed by atoms with Crippen molar-refractivity contribution in [3.05, 3.63) is 355 Å². The normalized spacial score (nSPS) is 15.5. The van der Waals surface area contributed by atoms with Gasteiger partial charge in [-0.3, -0.25) is 0 Å². The Balaban J connectivity index is 0.000000117. The highest BCUT2D eigenvalue weighted by Gasteiger charge is 2.49. The van der Waals surface area contributed by atoms with Crippen LogP contribution >= 0.6 is 0 Å². The molecule has 20 rings (SSSR count). The Labute approximate surface area is 710 Å². The molecule has 0 atom stereocenters. The molecular formula is C114H116N4+4. The molecule has 0 unspecified atom stereocenters. The topological polar surface area (TPSA) is 15.5 Å². The number of nitrogens with zero attached hydrogens (tertiary/aromatic N) is 4. The van der Waals surface area contributed by atoms with Gasteiger partial charge in [-0.25, -0.2) is 18.3 Å². The van der Waals surface area contributed by atoms with Crippen molar-refractivity contribution in [1.29, 1.82) is 0 Å². The molecule has 0 fully saturated rings. The summed E-state index contributed by atoms with van der Waals surface area (Å²) in [5, 5.41) is 10.5. The first-order chi connectivity index (χ1) is 58.7. The monoisotopic (exact) mass is 1550 g/mol. The van der Waals surface area contributed by atoms with Crippen LogP contribution in [-0.2, 0) is 75.5 Å². The van der Waals surface area contributed by atoms with E-state index in [4.69, 9.17) is 8.22 Å². The van der Waals surface area contributed by atoms with E-state index in [1.54, 1.807) is 24.5 Å². The van der Waals surface area contributed by atoms with Gasteiger partial charge in [0, 0.05) is 66.7 Å². The van der Waals surface area contributed by atoms with Gasteiger partial charge in [-0.1, -0.05) is 218 Å². The van der Waals surface area contributed by atoms with Crippen LogP contribution in [0.4, 0.5) is 0 Å². The molecule has 0 spiro atoms. The van der Waals surface area contributed by atoms with Crippen LogP contribution in [0.3, 0.4) is 0 Å². The van der Waals surface area contributed by atoms with Crippen LogP contribution in [0.15, 0.2) is 255 Å². The van der Waals surface area contributed by atoms with Gasteiger partial charge in [0.1, 0.15) is 28.2 Å². The Hall–Kier alpha value is -11.7. The third-order valence-corrected chi connectivity index (χ3v) is 28.2. The molecular weight excluding hydrogens is 1430 g/mol. The molecule has 4 heteroatoms. The Morgan fingerprint density at radius 3 is 1.35 bits per heavy atom. The van der Waals surface area contributed by atoms with Crippen LogP contribution in [0.1, 0.15) is 164 Å². The maximum absolute atomic E-state index is 7.76. The molecule has 0 radical (unpaired) electrons. The van der Waals surface area contributed by atoms with Crippen molar-refractivity contribution in [1.82, 2.24) is 0 Å². The molecule has 12 aromatic carbocycles. The highest BCUT2D eigenvalue weighted by atomic mass is 14.9. The van der Waals surface area contributed by atoms with E-state index < -0.39 is 13.7 Å². The smallest absolute Gasteiger partial charge is 0.201 e. The van der Waals surface area contributed by atoms with E-state index in [0.717, 1.165) is 42.6 Å². The molecule has 0 saturated heterocycles. The van der Waals surface area contributed by atoms with E-state index in [9.17, 15) is 0 Å². The molecule has 4 aliphatic rings. The highest BCUT2D eigenvalue weighted by molar-refractivity contribution is 6.02. The summed E-state index contributed by atoms with van der Waals surface area (Å²) in [6.45, 7) is 32.5. The van der Waals surface area contributed by atoms with Gasteiger partial charge in [0.25, 0.3) is 0 Å². The summed E-state index contributed by atoms with van der Waals surface area (Å²) in [4.78, 5) is 0. The molecule has 0 N–H and O–H groups in total. The molecule has 16 aromatic rings. The quantitative estimate of drug-likeness (QED) is 0.156. The first-order valence-corrected chi connectivity index (χ1v) is 42.3. The van der Waals surface area contributed by atoms with Gasteiger partial charge in [-0.15, -0.1) is 0 Å². The molecule has 4 nitrogen and oxygen atoms in total. The molecule has 588 valence electrons. The summed E-state index contributed by atoms with van der Waals surface area (Å²) in [5.74, 6) is 0. The highest BCUT2D eigenvalue weighted by Crippen LogP contribution is 2.59. The Bertz CT molecular complexity index is 7100. The number of benzene rings is 12. The zero-order chi connectivity index (χ0) is 88.1. The van der Waals surface area contributed by atoms with Crippen LogP contribution in [-0.4, -0.2) is 0 Å². The predicted octanol–water partition coefficient (Wildman–Crippen LogP) is 26.4. The third kappa shape index (κ3) is 13.3. The lowest BCUT2D eigenvalue weighted by Gasteiger charge is -2.49. The Kier molecular flexibility index (Phi) is 18.0. The minimum atomic E-state index is -2.11. The average molecular weight is 1550 g/mol. The minimum absolute atomic E-state index is 0.0157. The van der Waals surface area contributed by atoms with E-state index in [2.05, 4.69) is 353 Å². The van der Waals surface area contributed by atoms with Crippen LogP contribution in [0.5, 0.6) is 0 Å². The predicted molar refractivity (Wildman–Crippen MR) is 498 cm³/mol. The summed E-state index contributed by atoms with van der Waals surface area (Å²) in [5.41, 5.74) is 43.0. The summed E-state index contributed by atoms with van der Waals surface area (Å²) < 4.78 is 54.8.